The van der Waals surface area contributed by atoms with Gasteiger partial charge in [0.2, 0.25) is 5.91 Å². The highest BCUT2D eigenvalue weighted by molar-refractivity contribution is 5.73. The molecule has 1 aliphatic carbocycles. The van der Waals surface area contributed by atoms with Crippen LogP contribution in [0.4, 0.5) is 0 Å². The molecule has 2 atom stereocenters. The number of rotatable bonds is 2. The molecule has 1 saturated heterocycles. The highest BCUT2D eigenvalue weighted by Crippen LogP contribution is 2.34. The quantitative estimate of drug-likeness (QED) is 0.748. The Bertz CT molecular complexity index is 238. The second kappa shape index (κ2) is 4.52. The maximum absolute atomic E-state index is 11.3. The zero-order chi connectivity index (χ0) is 10.8. The number of nitrogens with zero attached hydrogens (tertiary/aromatic N) is 1. The van der Waals surface area contributed by atoms with Gasteiger partial charge in [-0.2, -0.15) is 0 Å². The third-order valence-corrected chi connectivity index (χ3v) is 4.14. The molecule has 2 aliphatic rings. The minimum absolute atomic E-state index is 0.209. The van der Waals surface area contributed by atoms with Crippen LogP contribution in [0.25, 0.3) is 0 Å². The van der Waals surface area contributed by atoms with Crippen LogP contribution in [0.3, 0.4) is 0 Å². The molecule has 0 aromatic heterocycles. The number of nitrogens with two attached hydrogens (primary N) is 1. The van der Waals surface area contributed by atoms with Crippen molar-refractivity contribution < 1.29 is 4.79 Å². The number of amides is 1. The first kappa shape index (κ1) is 10.9. The summed E-state index contributed by atoms with van der Waals surface area (Å²) in [6.45, 7) is 3.49. The molecule has 2 fully saturated rings. The van der Waals surface area contributed by atoms with Crippen LogP contribution in [0.5, 0.6) is 0 Å². The molecule has 0 aromatic rings. The van der Waals surface area contributed by atoms with Gasteiger partial charge in [0.25, 0.3) is 0 Å². The van der Waals surface area contributed by atoms with Crippen LogP contribution in [-0.2, 0) is 4.79 Å². The van der Waals surface area contributed by atoms with Crippen LogP contribution in [0, 0.1) is 11.8 Å². The molecule has 2 rings (SSSR count). The molecule has 15 heavy (non-hydrogen) atoms. The van der Waals surface area contributed by atoms with Crippen molar-refractivity contribution >= 4 is 5.91 Å². The van der Waals surface area contributed by atoms with Crippen molar-refractivity contribution in [1.29, 1.82) is 0 Å². The van der Waals surface area contributed by atoms with Gasteiger partial charge in [-0.05, 0) is 37.5 Å². The van der Waals surface area contributed by atoms with Crippen LogP contribution in [0.2, 0.25) is 0 Å². The van der Waals surface area contributed by atoms with Crippen LogP contribution in [-0.4, -0.2) is 29.9 Å². The summed E-state index contributed by atoms with van der Waals surface area (Å²) < 4.78 is 0. The van der Waals surface area contributed by atoms with Crippen LogP contribution in [0.1, 0.15) is 39.0 Å². The predicted octanol–water partition coefficient (Wildman–Crippen LogP) is 1.37. The topological polar surface area (TPSA) is 46.3 Å². The molecule has 0 spiro atoms. The lowest BCUT2D eigenvalue weighted by Crippen LogP contribution is -2.49. The van der Waals surface area contributed by atoms with E-state index in [-0.39, 0.29) is 5.91 Å². The highest BCUT2D eigenvalue weighted by atomic mass is 16.2. The zero-order valence-electron chi connectivity index (χ0n) is 9.61. The molecule has 2 unspecified atom stereocenters. The number of likely N-dealkylation sites (tertiary alicyclic amines) is 1. The van der Waals surface area contributed by atoms with Crippen molar-refractivity contribution in [3.05, 3.63) is 0 Å². The lowest BCUT2D eigenvalue weighted by molar-refractivity contribution is -0.130. The molecule has 0 aromatic carbocycles. The van der Waals surface area contributed by atoms with Gasteiger partial charge in [0.15, 0.2) is 0 Å². The molecule has 0 bridgehead atoms. The van der Waals surface area contributed by atoms with Gasteiger partial charge in [-0.1, -0.05) is 6.42 Å². The van der Waals surface area contributed by atoms with E-state index in [1.165, 1.54) is 25.7 Å². The SMILES string of the molecule is CC(=O)N1CCCC(C(N)C2CCC2)C1. The summed E-state index contributed by atoms with van der Waals surface area (Å²) in [7, 11) is 0. The third-order valence-electron chi connectivity index (χ3n) is 4.14. The summed E-state index contributed by atoms with van der Waals surface area (Å²) in [4.78, 5) is 13.3. The monoisotopic (exact) mass is 210 g/mol. The van der Waals surface area contributed by atoms with E-state index in [1.54, 1.807) is 6.92 Å². The van der Waals surface area contributed by atoms with Gasteiger partial charge < -0.3 is 10.6 Å². The molecule has 1 amide bonds. The van der Waals surface area contributed by atoms with E-state index in [0.29, 0.717) is 12.0 Å². The van der Waals surface area contributed by atoms with Gasteiger partial charge in [-0.3, -0.25) is 4.79 Å². The Labute approximate surface area is 92.0 Å². The molecule has 3 nitrogen and oxygen atoms in total. The second-order valence-corrected chi connectivity index (χ2v) is 5.14. The summed E-state index contributed by atoms with van der Waals surface area (Å²) in [5.41, 5.74) is 6.28. The number of carbonyl (C=O) groups excluding carboxylic acids is 1. The molecular formula is C12H22N2O. The van der Waals surface area contributed by atoms with Gasteiger partial charge in [0.1, 0.15) is 0 Å². The smallest absolute Gasteiger partial charge is 0.219 e. The molecule has 3 heteroatoms. The summed E-state index contributed by atoms with van der Waals surface area (Å²) in [6, 6.07) is 0.334. The van der Waals surface area contributed by atoms with Gasteiger partial charge in [0.05, 0.1) is 0 Å². The first-order chi connectivity index (χ1) is 7.18. The predicted molar refractivity (Wildman–Crippen MR) is 60.3 cm³/mol. The molecule has 1 aliphatic heterocycles. The lowest BCUT2D eigenvalue weighted by Gasteiger charge is -2.41. The van der Waals surface area contributed by atoms with Crippen molar-refractivity contribution in [2.24, 2.45) is 17.6 Å². The Morgan fingerprint density at radius 2 is 1.93 bits per heavy atom. The number of hydrogen-bond acceptors (Lipinski definition) is 2. The van der Waals surface area contributed by atoms with Crippen molar-refractivity contribution in [3.63, 3.8) is 0 Å². The molecule has 1 heterocycles. The summed E-state index contributed by atoms with van der Waals surface area (Å²) in [5, 5.41) is 0. The molecule has 86 valence electrons. The number of carbonyl (C=O) groups is 1. The fraction of sp³-hybridized carbons (Fsp3) is 0.917. The summed E-state index contributed by atoms with van der Waals surface area (Å²) in [6.07, 6.45) is 6.29. The average molecular weight is 210 g/mol. The number of hydrogen-bond donors (Lipinski definition) is 1. The van der Waals surface area contributed by atoms with E-state index in [4.69, 9.17) is 5.73 Å². The Kier molecular flexibility index (Phi) is 3.29. The fourth-order valence-electron chi connectivity index (χ4n) is 2.82. The van der Waals surface area contributed by atoms with Gasteiger partial charge in [0, 0.05) is 26.1 Å². The molecule has 1 saturated carbocycles. The Morgan fingerprint density at radius 1 is 1.27 bits per heavy atom. The lowest BCUT2D eigenvalue weighted by atomic mass is 9.73. The Hall–Kier alpha value is -0.570. The molecule has 0 radical (unpaired) electrons. The van der Waals surface area contributed by atoms with Crippen molar-refractivity contribution in [1.82, 2.24) is 4.90 Å². The van der Waals surface area contributed by atoms with Crippen LogP contribution in [0.15, 0.2) is 0 Å². The standard InChI is InChI=1S/C12H22N2O/c1-9(15)14-7-3-6-11(8-14)12(13)10-4-2-5-10/h10-12H,2-8,13H2,1H3. The number of piperidine rings is 1. The van der Waals surface area contributed by atoms with Crippen molar-refractivity contribution in [3.8, 4) is 0 Å². The maximum atomic E-state index is 11.3. The minimum Gasteiger partial charge on any atom is -0.343 e. The van der Waals surface area contributed by atoms with Gasteiger partial charge >= 0.3 is 0 Å². The van der Waals surface area contributed by atoms with E-state index < -0.39 is 0 Å². The van der Waals surface area contributed by atoms with Crippen molar-refractivity contribution in [2.45, 2.75) is 45.1 Å². The van der Waals surface area contributed by atoms with Crippen LogP contribution >= 0.6 is 0 Å². The fourth-order valence-corrected chi connectivity index (χ4v) is 2.82. The largest absolute Gasteiger partial charge is 0.343 e. The first-order valence-corrected chi connectivity index (χ1v) is 6.19. The van der Waals surface area contributed by atoms with E-state index >= 15 is 0 Å². The van der Waals surface area contributed by atoms with Crippen LogP contribution < -0.4 is 5.73 Å². The van der Waals surface area contributed by atoms with E-state index in [0.717, 1.165) is 25.4 Å². The Morgan fingerprint density at radius 3 is 2.47 bits per heavy atom. The highest BCUT2D eigenvalue weighted by Gasteiger charge is 2.33. The summed E-state index contributed by atoms with van der Waals surface area (Å²) >= 11 is 0. The average Bonchev–Trinajstić information content (AvgIpc) is 2.15. The zero-order valence-corrected chi connectivity index (χ0v) is 9.61. The Balaban J connectivity index is 1.88. The van der Waals surface area contributed by atoms with E-state index in [1.807, 2.05) is 4.90 Å². The van der Waals surface area contributed by atoms with Gasteiger partial charge in [-0.25, -0.2) is 0 Å². The van der Waals surface area contributed by atoms with Crippen molar-refractivity contribution in [2.75, 3.05) is 13.1 Å². The summed E-state index contributed by atoms with van der Waals surface area (Å²) in [5.74, 6) is 1.50. The molecule has 2 N–H and O–H groups in total. The minimum atomic E-state index is 0.209. The first-order valence-electron chi connectivity index (χ1n) is 6.19. The van der Waals surface area contributed by atoms with Gasteiger partial charge in [-0.15, -0.1) is 0 Å². The normalized spacial score (nSPS) is 29.7. The second-order valence-electron chi connectivity index (χ2n) is 5.14. The molecular weight excluding hydrogens is 188 g/mol. The third kappa shape index (κ3) is 2.33. The van der Waals surface area contributed by atoms with E-state index in [2.05, 4.69) is 0 Å². The maximum Gasteiger partial charge on any atom is 0.219 e. The van der Waals surface area contributed by atoms with E-state index in [9.17, 15) is 4.79 Å².